The number of anilines is 1. The first-order chi connectivity index (χ1) is 9.16. The first-order valence-corrected chi connectivity index (χ1v) is 6.22. The van der Waals surface area contributed by atoms with Crippen LogP contribution in [0.2, 0.25) is 5.02 Å². The van der Waals surface area contributed by atoms with Gasteiger partial charge in [0.25, 0.3) is 0 Å². The molecule has 0 fully saturated rings. The molecule has 0 radical (unpaired) electrons. The molecular formula is C13H14ClN3O2. The van der Waals surface area contributed by atoms with Crippen molar-refractivity contribution in [2.45, 2.75) is 13.0 Å². The molecule has 19 heavy (non-hydrogen) atoms. The summed E-state index contributed by atoms with van der Waals surface area (Å²) in [5.41, 5.74) is 6.37. The highest BCUT2D eigenvalue weighted by atomic mass is 35.5. The van der Waals surface area contributed by atoms with Crippen molar-refractivity contribution in [2.75, 3.05) is 12.3 Å². The summed E-state index contributed by atoms with van der Waals surface area (Å²) < 4.78 is 7.07. The Bertz CT molecular complexity index is 555. The summed E-state index contributed by atoms with van der Waals surface area (Å²) in [5, 5.41) is 0.458. The number of hydrogen-bond donors (Lipinski definition) is 1. The van der Waals surface area contributed by atoms with Crippen LogP contribution in [-0.2, 0) is 11.3 Å². The van der Waals surface area contributed by atoms with E-state index in [0.717, 1.165) is 6.54 Å². The van der Waals surface area contributed by atoms with Crippen LogP contribution in [0, 0.1) is 0 Å². The van der Waals surface area contributed by atoms with Gasteiger partial charge >= 0.3 is 5.97 Å². The van der Waals surface area contributed by atoms with Gasteiger partial charge in [0.15, 0.2) is 0 Å². The van der Waals surface area contributed by atoms with Crippen molar-refractivity contribution in [3.8, 4) is 0 Å². The predicted molar refractivity (Wildman–Crippen MR) is 73.0 cm³/mol. The molecule has 2 rings (SSSR count). The number of carbonyl (C=O) groups excluding carboxylic acids is 1. The lowest BCUT2D eigenvalue weighted by Gasteiger charge is -2.07. The van der Waals surface area contributed by atoms with Crippen LogP contribution in [0.1, 0.15) is 16.8 Å². The SMILES string of the molecule is Nc1ccc(Cl)cc1C(=O)OCCCn1ccnc1. The molecule has 0 amide bonds. The van der Waals surface area contributed by atoms with E-state index in [1.54, 1.807) is 24.7 Å². The van der Waals surface area contributed by atoms with Gasteiger partial charge in [-0.1, -0.05) is 11.6 Å². The molecule has 0 aliphatic heterocycles. The molecule has 1 aromatic heterocycles. The van der Waals surface area contributed by atoms with E-state index < -0.39 is 5.97 Å². The molecule has 5 nitrogen and oxygen atoms in total. The molecule has 0 spiro atoms. The fourth-order valence-electron chi connectivity index (χ4n) is 1.61. The van der Waals surface area contributed by atoms with Gasteiger partial charge in [0.2, 0.25) is 0 Å². The van der Waals surface area contributed by atoms with Crippen molar-refractivity contribution in [2.24, 2.45) is 0 Å². The lowest BCUT2D eigenvalue weighted by Crippen LogP contribution is -2.10. The van der Waals surface area contributed by atoms with Gasteiger partial charge in [-0.05, 0) is 24.6 Å². The largest absolute Gasteiger partial charge is 0.462 e. The lowest BCUT2D eigenvalue weighted by atomic mass is 10.2. The fraction of sp³-hybridized carbons (Fsp3) is 0.231. The Morgan fingerprint density at radius 2 is 2.32 bits per heavy atom. The standard InChI is InChI=1S/C13H14ClN3O2/c14-10-2-3-12(15)11(8-10)13(18)19-7-1-5-17-6-4-16-9-17/h2-4,6,8-9H,1,5,7,15H2. The number of esters is 1. The Kier molecular flexibility index (Phi) is 4.41. The fourth-order valence-corrected chi connectivity index (χ4v) is 1.79. The van der Waals surface area contributed by atoms with E-state index in [-0.39, 0.29) is 0 Å². The number of carbonyl (C=O) groups is 1. The van der Waals surface area contributed by atoms with Gasteiger partial charge in [0.05, 0.1) is 18.5 Å². The van der Waals surface area contributed by atoms with Crippen LogP contribution in [0.3, 0.4) is 0 Å². The van der Waals surface area contributed by atoms with Crippen LogP contribution in [0.15, 0.2) is 36.9 Å². The Morgan fingerprint density at radius 1 is 1.47 bits per heavy atom. The second kappa shape index (κ2) is 6.24. The van der Waals surface area contributed by atoms with E-state index in [1.807, 2.05) is 10.8 Å². The van der Waals surface area contributed by atoms with Crippen LogP contribution >= 0.6 is 11.6 Å². The minimum absolute atomic E-state index is 0.301. The van der Waals surface area contributed by atoms with E-state index in [4.69, 9.17) is 22.1 Å². The van der Waals surface area contributed by atoms with E-state index in [0.29, 0.717) is 29.3 Å². The minimum Gasteiger partial charge on any atom is -0.462 e. The summed E-state index contributed by atoms with van der Waals surface area (Å²) in [5.74, 6) is -0.453. The summed E-state index contributed by atoms with van der Waals surface area (Å²) in [6.45, 7) is 1.07. The first-order valence-electron chi connectivity index (χ1n) is 5.84. The number of halogens is 1. The van der Waals surface area contributed by atoms with E-state index >= 15 is 0 Å². The predicted octanol–water partition coefficient (Wildman–Crippen LogP) is 2.37. The average molecular weight is 280 g/mol. The number of aryl methyl sites for hydroxylation is 1. The maximum absolute atomic E-state index is 11.8. The molecule has 6 heteroatoms. The van der Waals surface area contributed by atoms with Gasteiger partial charge in [0, 0.05) is 29.6 Å². The maximum Gasteiger partial charge on any atom is 0.340 e. The highest BCUT2D eigenvalue weighted by Crippen LogP contribution is 2.18. The third-order valence-corrected chi connectivity index (χ3v) is 2.82. The number of nitrogens with zero attached hydrogens (tertiary/aromatic N) is 2. The first kappa shape index (κ1) is 13.4. The Balaban J connectivity index is 1.82. The van der Waals surface area contributed by atoms with Gasteiger partial charge in [-0.3, -0.25) is 0 Å². The Hall–Kier alpha value is -2.01. The van der Waals surface area contributed by atoms with Crippen molar-refractivity contribution in [3.05, 3.63) is 47.5 Å². The highest BCUT2D eigenvalue weighted by molar-refractivity contribution is 6.31. The number of aromatic nitrogens is 2. The van der Waals surface area contributed by atoms with Crippen molar-refractivity contribution in [1.82, 2.24) is 9.55 Å². The summed E-state index contributed by atoms with van der Waals surface area (Å²) in [6, 6.07) is 4.73. The van der Waals surface area contributed by atoms with Gasteiger partial charge < -0.3 is 15.0 Å². The molecule has 0 saturated heterocycles. The highest BCUT2D eigenvalue weighted by Gasteiger charge is 2.11. The number of benzene rings is 1. The van der Waals surface area contributed by atoms with Gasteiger partial charge in [-0.2, -0.15) is 0 Å². The Labute approximate surface area is 116 Å². The third-order valence-electron chi connectivity index (χ3n) is 2.59. The van der Waals surface area contributed by atoms with Gasteiger partial charge in [0.1, 0.15) is 0 Å². The molecule has 0 unspecified atom stereocenters. The molecule has 2 aromatic rings. The average Bonchev–Trinajstić information content (AvgIpc) is 2.90. The van der Waals surface area contributed by atoms with E-state index in [1.165, 1.54) is 6.07 Å². The minimum atomic E-state index is -0.453. The normalized spacial score (nSPS) is 10.4. The molecular weight excluding hydrogens is 266 g/mol. The summed E-state index contributed by atoms with van der Waals surface area (Å²) >= 11 is 5.82. The maximum atomic E-state index is 11.8. The zero-order valence-corrected chi connectivity index (χ0v) is 11.0. The molecule has 100 valence electrons. The number of imidazole rings is 1. The van der Waals surface area contributed by atoms with Crippen LogP contribution in [0.5, 0.6) is 0 Å². The number of hydrogen-bond acceptors (Lipinski definition) is 4. The number of nitrogens with two attached hydrogens (primary N) is 1. The summed E-state index contributed by atoms with van der Waals surface area (Å²) in [4.78, 5) is 15.7. The van der Waals surface area contributed by atoms with Crippen LogP contribution in [0.25, 0.3) is 0 Å². The zero-order chi connectivity index (χ0) is 13.7. The molecule has 0 aliphatic carbocycles. The molecule has 0 atom stereocenters. The molecule has 0 aliphatic rings. The molecule has 1 aromatic carbocycles. The summed E-state index contributed by atoms with van der Waals surface area (Å²) in [7, 11) is 0. The quantitative estimate of drug-likeness (QED) is 0.518. The topological polar surface area (TPSA) is 70.1 Å². The second-order valence-corrected chi connectivity index (χ2v) is 4.46. The molecule has 0 saturated carbocycles. The lowest BCUT2D eigenvalue weighted by molar-refractivity contribution is 0.0497. The number of ether oxygens (including phenoxy) is 1. The monoisotopic (exact) mass is 279 g/mol. The van der Waals surface area contributed by atoms with Crippen molar-refractivity contribution in [3.63, 3.8) is 0 Å². The van der Waals surface area contributed by atoms with Crippen molar-refractivity contribution in [1.29, 1.82) is 0 Å². The number of rotatable bonds is 5. The van der Waals surface area contributed by atoms with Crippen molar-refractivity contribution < 1.29 is 9.53 Å². The van der Waals surface area contributed by atoms with Gasteiger partial charge in [-0.15, -0.1) is 0 Å². The van der Waals surface area contributed by atoms with Crippen LogP contribution in [-0.4, -0.2) is 22.1 Å². The third kappa shape index (κ3) is 3.72. The van der Waals surface area contributed by atoms with E-state index in [9.17, 15) is 4.79 Å². The molecule has 2 N–H and O–H groups in total. The second-order valence-electron chi connectivity index (χ2n) is 4.02. The van der Waals surface area contributed by atoms with Gasteiger partial charge in [-0.25, -0.2) is 9.78 Å². The van der Waals surface area contributed by atoms with E-state index in [2.05, 4.69) is 4.98 Å². The van der Waals surface area contributed by atoms with Crippen LogP contribution < -0.4 is 5.73 Å². The molecule has 0 bridgehead atoms. The summed E-state index contributed by atoms with van der Waals surface area (Å²) in [6.07, 6.45) is 5.99. The smallest absolute Gasteiger partial charge is 0.340 e. The molecule has 1 heterocycles. The number of nitrogen functional groups attached to an aromatic ring is 1. The van der Waals surface area contributed by atoms with Crippen LogP contribution in [0.4, 0.5) is 5.69 Å². The van der Waals surface area contributed by atoms with Crippen molar-refractivity contribution >= 4 is 23.3 Å². The zero-order valence-electron chi connectivity index (χ0n) is 10.3. The Morgan fingerprint density at radius 3 is 3.05 bits per heavy atom.